The minimum atomic E-state index is -0.101. The van der Waals surface area contributed by atoms with Gasteiger partial charge in [-0.15, -0.1) is 0 Å². The molecule has 4 N–H and O–H groups in total. The molecule has 1 fully saturated rings. The molecule has 2 rings (SSSR count). The van der Waals surface area contributed by atoms with Crippen molar-refractivity contribution in [3.63, 3.8) is 0 Å². The molecule has 0 radical (unpaired) electrons. The van der Waals surface area contributed by atoms with E-state index in [0.29, 0.717) is 0 Å². The Morgan fingerprint density at radius 2 is 2.25 bits per heavy atom. The van der Waals surface area contributed by atoms with Crippen molar-refractivity contribution in [3.05, 3.63) is 34.9 Å². The molecule has 2 atom stereocenters. The van der Waals surface area contributed by atoms with Crippen LogP contribution in [0.4, 0.5) is 0 Å². The number of hydrogen-bond donors (Lipinski definition) is 3. The first kappa shape index (κ1) is 15.0. The van der Waals surface area contributed by atoms with E-state index in [1.165, 1.54) is 5.56 Å². The average Bonchev–Trinajstić information content (AvgIpc) is 2.40. The van der Waals surface area contributed by atoms with E-state index >= 15 is 0 Å². The number of morpholine rings is 1. The van der Waals surface area contributed by atoms with Gasteiger partial charge < -0.3 is 15.6 Å². The topological polar surface area (TPSA) is 82.6 Å². The van der Waals surface area contributed by atoms with Gasteiger partial charge in [0.25, 0.3) is 0 Å². The molecule has 1 saturated heterocycles. The number of aryl methyl sites for hydroxylation is 1. The molecular weight excluding hydrogens is 254 g/mol. The maximum absolute atomic E-state index is 9.26. The van der Waals surface area contributed by atoms with Crippen LogP contribution in [0.1, 0.15) is 23.6 Å². The molecule has 0 amide bonds. The summed E-state index contributed by atoms with van der Waals surface area (Å²) < 4.78 is 5.65. The zero-order valence-electron chi connectivity index (χ0n) is 12.1. The summed E-state index contributed by atoms with van der Waals surface area (Å²) in [6.07, 6.45) is 0.0354. The molecule has 5 heteroatoms. The van der Waals surface area contributed by atoms with E-state index in [1.54, 1.807) is 0 Å². The van der Waals surface area contributed by atoms with Crippen molar-refractivity contribution in [3.8, 4) is 0 Å². The lowest BCUT2D eigenvalue weighted by molar-refractivity contribution is -0.0972. The first-order chi connectivity index (χ1) is 9.49. The van der Waals surface area contributed by atoms with Gasteiger partial charge in [0.05, 0.1) is 18.8 Å². The fourth-order valence-electron chi connectivity index (χ4n) is 2.65. The van der Waals surface area contributed by atoms with Gasteiger partial charge in [-0.05, 0) is 31.0 Å². The van der Waals surface area contributed by atoms with Gasteiger partial charge >= 0.3 is 0 Å². The number of rotatable bonds is 4. The van der Waals surface area contributed by atoms with E-state index in [9.17, 15) is 5.11 Å². The van der Waals surface area contributed by atoms with Crippen LogP contribution in [0.15, 0.2) is 18.2 Å². The van der Waals surface area contributed by atoms with Crippen LogP contribution < -0.4 is 5.73 Å². The Morgan fingerprint density at radius 1 is 1.50 bits per heavy atom. The highest BCUT2D eigenvalue weighted by Crippen LogP contribution is 2.17. The van der Waals surface area contributed by atoms with Gasteiger partial charge in [0.2, 0.25) is 0 Å². The van der Waals surface area contributed by atoms with Crippen molar-refractivity contribution in [2.75, 3.05) is 19.7 Å². The molecule has 0 bridgehead atoms. The summed E-state index contributed by atoms with van der Waals surface area (Å²) in [5.74, 6) is 0.0972. The number of nitrogens with one attached hydrogen (secondary N) is 1. The van der Waals surface area contributed by atoms with Gasteiger partial charge in [-0.1, -0.05) is 12.1 Å². The number of nitrogens with two attached hydrogens (primary N) is 1. The van der Waals surface area contributed by atoms with Crippen LogP contribution in [0, 0.1) is 12.3 Å². The Labute approximate surface area is 119 Å². The molecule has 1 aliphatic heterocycles. The fraction of sp³-hybridized carbons (Fsp3) is 0.533. The summed E-state index contributed by atoms with van der Waals surface area (Å²) in [4.78, 5) is 2.30. The summed E-state index contributed by atoms with van der Waals surface area (Å²) in [5, 5.41) is 16.7. The molecular formula is C15H23N3O2. The highest BCUT2D eigenvalue weighted by atomic mass is 16.5. The summed E-state index contributed by atoms with van der Waals surface area (Å²) in [5.41, 5.74) is 8.62. The largest absolute Gasteiger partial charge is 0.394 e. The van der Waals surface area contributed by atoms with Crippen molar-refractivity contribution < 1.29 is 9.84 Å². The first-order valence-electron chi connectivity index (χ1n) is 6.92. The predicted molar refractivity (Wildman–Crippen MR) is 78.9 cm³/mol. The molecule has 1 heterocycles. The van der Waals surface area contributed by atoms with Crippen molar-refractivity contribution in [1.29, 1.82) is 5.41 Å². The lowest BCUT2D eigenvalue weighted by Gasteiger charge is -2.36. The number of aliphatic hydroxyl groups excluding tert-OH is 1. The van der Waals surface area contributed by atoms with Crippen LogP contribution >= 0.6 is 0 Å². The van der Waals surface area contributed by atoms with Gasteiger partial charge in [-0.2, -0.15) is 0 Å². The summed E-state index contributed by atoms with van der Waals surface area (Å²) in [7, 11) is 0. The molecule has 0 aromatic heterocycles. The van der Waals surface area contributed by atoms with Gasteiger partial charge in [0, 0.05) is 25.2 Å². The molecule has 0 saturated carbocycles. The molecule has 1 aromatic carbocycles. The third-order valence-corrected chi connectivity index (χ3v) is 3.65. The number of amidine groups is 1. The highest BCUT2D eigenvalue weighted by molar-refractivity contribution is 5.95. The standard InChI is InChI=1S/C15H23N3O2/c1-10-5-12(15(16)17)3-4-13(10)7-18-6-11(2)20-14(8-18)9-19/h3-5,11,14,19H,6-9H2,1-2H3,(H3,16,17). The Bertz CT molecular complexity index is 490. The number of benzene rings is 1. The summed E-state index contributed by atoms with van der Waals surface area (Å²) in [6.45, 7) is 6.56. The first-order valence-corrected chi connectivity index (χ1v) is 6.92. The van der Waals surface area contributed by atoms with Crippen LogP contribution in [0.25, 0.3) is 0 Å². The normalized spacial score (nSPS) is 23.8. The van der Waals surface area contributed by atoms with Crippen molar-refractivity contribution in [1.82, 2.24) is 4.90 Å². The molecule has 1 aliphatic rings. The molecule has 20 heavy (non-hydrogen) atoms. The average molecular weight is 277 g/mol. The second kappa shape index (κ2) is 6.35. The number of aliphatic hydroxyl groups is 1. The van der Waals surface area contributed by atoms with Crippen molar-refractivity contribution in [2.24, 2.45) is 5.73 Å². The lowest BCUT2D eigenvalue weighted by Crippen LogP contribution is -2.47. The maximum Gasteiger partial charge on any atom is 0.122 e. The van der Waals surface area contributed by atoms with E-state index in [2.05, 4.69) is 4.90 Å². The van der Waals surface area contributed by atoms with Gasteiger partial charge in [-0.3, -0.25) is 10.3 Å². The van der Waals surface area contributed by atoms with E-state index in [-0.39, 0.29) is 24.7 Å². The van der Waals surface area contributed by atoms with Crippen molar-refractivity contribution in [2.45, 2.75) is 32.6 Å². The lowest BCUT2D eigenvalue weighted by atomic mass is 10.0. The monoisotopic (exact) mass is 277 g/mol. The van der Waals surface area contributed by atoms with Gasteiger partial charge in [0.15, 0.2) is 0 Å². The second-order valence-electron chi connectivity index (χ2n) is 5.50. The van der Waals surface area contributed by atoms with Crippen LogP contribution in [0.2, 0.25) is 0 Å². The van der Waals surface area contributed by atoms with E-state index < -0.39 is 0 Å². The number of nitrogen functional groups attached to an aromatic ring is 1. The molecule has 0 spiro atoms. The highest BCUT2D eigenvalue weighted by Gasteiger charge is 2.24. The molecule has 2 unspecified atom stereocenters. The minimum absolute atomic E-state index is 0.0586. The van der Waals surface area contributed by atoms with Crippen molar-refractivity contribution >= 4 is 5.84 Å². The quantitative estimate of drug-likeness (QED) is 0.563. The van der Waals surface area contributed by atoms with Crippen LogP contribution in [-0.2, 0) is 11.3 Å². The molecule has 110 valence electrons. The third-order valence-electron chi connectivity index (χ3n) is 3.65. The van der Waals surface area contributed by atoms with Crippen LogP contribution in [0.5, 0.6) is 0 Å². The van der Waals surface area contributed by atoms with E-state index in [0.717, 1.165) is 30.8 Å². The van der Waals surface area contributed by atoms with E-state index in [4.69, 9.17) is 15.9 Å². The Balaban J connectivity index is 2.07. The predicted octanol–water partition coefficient (Wildman–Crippen LogP) is 0.861. The fourth-order valence-corrected chi connectivity index (χ4v) is 2.65. The summed E-state index contributed by atoms with van der Waals surface area (Å²) >= 11 is 0. The SMILES string of the molecule is Cc1cc(C(=N)N)ccc1CN1CC(C)OC(CO)C1. The van der Waals surface area contributed by atoms with Crippen LogP contribution in [-0.4, -0.2) is 47.7 Å². The number of ether oxygens (including phenoxy) is 1. The van der Waals surface area contributed by atoms with Gasteiger partial charge in [0.1, 0.15) is 5.84 Å². The molecule has 0 aliphatic carbocycles. The second-order valence-corrected chi connectivity index (χ2v) is 5.50. The zero-order valence-corrected chi connectivity index (χ0v) is 12.1. The van der Waals surface area contributed by atoms with Gasteiger partial charge in [-0.25, -0.2) is 0 Å². The third kappa shape index (κ3) is 3.56. The van der Waals surface area contributed by atoms with Crippen LogP contribution in [0.3, 0.4) is 0 Å². The Hall–Kier alpha value is -1.43. The number of nitrogens with zero attached hydrogens (tertiary/aromatic N) is 1. The smallest absolute Gasteiger partial charge is 0.122 e. The minimum Gasteiger partial charge on any atom is -0.394 e. The molecule has 1 aromatic rings. The van der Waals surface area contributed by atoms with E-state index in [1.807, 2.05) is 32.0 Å². The summed E-state index contributed by atoms with van der Waals surface area (Å²) in [6, 6.07) is 5.86. The maximum atomic E-state index is 9.26. The Morgan fingerprint density at radius 3 is 2.85 bits per heavy atom. The molecule has 5 nitrogen and oxygen atoms in total. The Kier molecular flexibility index (Phi) is 4.75. The zero-order chi connectivity index (χ0) is 14.7. The number of hydrogen-bond acceptors (Lipinski definition) is 4.